The van der Waals surface area contributed by atoms with Crippen LogP contribution < -0.4 is 9.62 Å². The number of nitrogens with one attached hydrogen (secondary N) is 1. The molecular weight excluding hydrogens is 1180 g/mol. The molecule has 3 heterocycles. The Bertz CT molecular complexity index is 3540. The molecule has 3 aromatic heterocycles. The maximum atomic E-state index is 15.7. The first-order chi connectivity index (χ1) is 36.7. The van der Waals surface area contributed by atoms with Crippen molar-refractivity contribution in [1.29, 1.82) is 0 Å². The second-order valence-electron chi connectivity index (χ2n) is 19.7. The Morgan fingerprint density at radius 1 is 0.963 bits per heavy atom. The number of hydrogen-bond acceptors (Lipinski definition) is 13. The molecular formula is C46H48ClF10N8O12PS2. The molecule has 2 aromatic carbocycles. The zero-order chi connectivity index (χ0) is 59.6. The number of halogens is 11. The fraction of sp³-hybridized carbons (Fsp3) is 0.478. The normalized spacial score (nSPS) is 16.8. The van der Waals surface area contributed by atoms with E-state index in [0.717, 1.165) is 42.5 Å². The van der Waals surface area contributed by atoms with Gasteiger partial charge in [-0.3, -0.25) is 23.9 Å². The van der Waals surface area contributed by atoms with Crippen LogP contribution in [-0.2, 0) is 81.3 Å². The van der Waals surface area contributed by atoms with Gasteiger partial charge in [0.1, 0.15) is 30.4 Å². The summed E-state index contributed by atoms with van der Waals surface area (Å²) in [5, 5.41) is 8.65. The van der Waals surface area contributed by atoms with Gasteiger partial charge in [0.05, 0.1) is 38.7 Å². The Balaban J connectivity index is 1.38. The molecule has 20 nitrogen and oxygen atoms in total. The Morgan fingerprint density at radius 2 is 1.60 bits per heavy atom. The van der Waals surface area contributed by atoms with Gasteiger partial charge in [0.15, 0.2) is 21.3 Å². The highest BCUT2D eigenvalue weighted by Crippen LogP contribution is 2.68. The van der Waals surface area contributed by atoms with Crippen molar-refractivity contribution in [3.8, 4) is 11.1 Å². The maximum absolute atomic E-state index is 15.7. The molecule has 1 unspecified atom stereocenters. The molecule has 3 amide bonds. The van der Waals surface area contributed by atoms with Crippen molar-refractivity contribution < 1.29 is 98.7 Å². The van der Waals surface area contributed by atoms with E-state index in [1.54, 1.807) is 0 Å². The number of amides is 3. The van der Waals surface area contributed by atoms with Crippen molar-refractivity contribution in [3.05, 3.63) is 93.0 Å². The summed E-state index contributed by atoms with van der Waals surface area (Å²) >= 11 is 6.68. The number of carbonyl (C=O) groups is 3. The van der Waals surface area contributed by atoms with Crippen molar-refractivity contribution in [3.63, 3.8) is 0 Å². The minimum absolute atomic E-state index is 0.0145. The molecule has 0 aliphatic heterocycles. The Kier molecular flexibility index (Phi) is 17.0. The van der Waals surface area contributed by atoms with Crippen LogP contribution in [0.5, 0.6) is 0 Å². The van der Waals surface area contributed by atoms with Crippen LogP contribution in [0, 0.1) is 17.6 Å². The van der Waals surface area contributed by atoms with Gasteiger partial charge in [0.2, 0.25) is 28.6 Å². The van der Waals surface area contributed by atoms with Crippen LogP contribution in [0.15, 0.2) is 42.5 Å². The summed E-state index contributed by atoms with van der Waals surface area (Å²) in [6.45, 7) is -2.14. The fourth-order valence-corrected chi connectivity index (χ4v) is 11.0. The van der Waals surface area contributed by atoms with Crippen LogP contribution in [-0.4, -0.2) is 118 Å². The average molecular weight is 1230 g/mol. The van der Waals surface area contributed by atoms with Crippen molar-refractivity contribution in [2.75, 3.05) is 37.2 Å². The summed E-state index contributed by atoms with van der Waals surface area (Å²) in [5.74, 6) is -12.6. The standard InChI is InChI=1S/C46H48ClF10N8O12PS2/c1-43(2,79(4,72)73)13-12-26-8-9-27(37(58-26)32(17-23-15-24(48)18-25(49)16-23)59-33(66)20-63-40-35(39(60-63)46(55,56)57)29-19-30(29)45(40,53)54)28-10-11-31(47)36-38(28)64(21-44(50,51)52)61-41(36)65(80(5,74)75)34(67)7-6-14-62(3)42(68)76-22-77-78(69,70)71/h8-11,15-16,18,29-30,32H,6-7,12-14,17,19-22H2,1-5H3,(H,59,66)(H2,69,70,71)/t29?,30-,32+/m1/s1. The largest absolute Gasteiger partial charge is 0.472 e. The van der Waals surface area contributed by atoms with Crippen LogP contribution in [0.4, 0.5) is 54.5 Å². The van der Waals surface area contributed by atoms with E-state index in [1.165, 1.54) is 26.0 Å². The zero-order valence-electron chi connectivity index (χ0n) is 42.4. The van der Waals surface area contributed by atoms with Crippen molar-refractivity contribution in [2.45, 2.75) is 100 Å². The predicted molar refractivity (Wildman–Crippen MR) is 263 cm³/mol. The molecule has 2 aliphatic carbocycles. The lowest BCUT2D eigenvalue weighted by molar-refractivity contribution is -0.143. The number of benzene rings is 2. The second kappa shape index (κ2) is 22.1. The number of sulfone groups is 1. The molecule has 0 bridgehead atoms. The summed E-state index contributed by atoms with van der Waals surface area (Å²) in [6.07, 6.45) is -12.7. The van der Waals surface area contributed by atoms with E-state index in [1.807, 2.05) is 0 Å². The lowest BCUT2D eigenvalue weighted by atomic mass is 9.93. The molecule has 0 saturated heterocycles. The summed E-state index contributed by atoms with van der Waals surface area (Å²) in [6, 6.07) is 4.95. The van der Waals surface area contributed by atoms with Crippen molar-refractivity contribution >= 4 is 73.9 Å². The summed E-state index contributed by atoms with van der Waals surface area (Å²) in [7, 11) is -12.6. The van der Waals surface area contributed by atoms with E-state index >= 15 is 8.78 Å². The first-order valence-corrected chi connectivity index (χ1v) is 29.2. The minimum atomic E-state index is -5.24. The fourth-order valence-electron chi connectivity index (χ4n) is 9.20. The number of fused-ring (bicyclic) bond motifs is 4. The first kappa shape index (κ1) is 61.7. The number of alkyl halides is 8. The minimum Gasteiger partial charge on any atom is -0.422 e. The number of nitrogens with zero attached hydrogens (tertiary/aromatic N) is 7. The highest BCUT2D eigenvalue weighted by atomic mass is 35.5. The van der Waals surface area contributed by atoms with E-state index in [2.05, 4.69) is 29.8 Å². The summed E-state index contributed by atoms with van der Waals surface area (Å²) < 4.78 is 219. The van der Waals surface area contributed by atoms with Gasteiger partial charge in [0.25, 0.3) is 5.92 Å². The van der Waals surface area contributed by atoms with E-state index < -0.39 is 182 Å². The number of carbonyl (C=O) groups excluding carboxylic acids is 3. The number of phosphoric acid groups is 1. The average Bonchev–Trinajstić information content (AvgIpc) is 3.81. The highest BCUT2D eigenvalue weighted by Gasteiger charge is 2.68. The Labute approximate surface area is 453 Å². The van der Waals surface area contributed by atoms with E-state index in [9.17, 15) is 70.9 Å². The molecule has 80 heavy (non-hydrogen) atoms. The van der Waals surface area contributed by atoms with E-state index in [-0.39, 0.29) is 61.7 Å². The highest BCUT2D eigenvalue weighted by molar-refractivity contribution is 7.93. The van der Waals surface area contributed by atoms with Gasteiger partial charge in [-0.15, -0.1) is 0 Å². The number of pyridine rings is 1. The van der Waals surface area contributed by atoms with Gasteiger partial charge in [-0.1, -0.05) is 23.7 Å². The Morgan fingerprint density at radius 3 is 2.19 bits per heavy atom. The number of aromatic nitrogens is 5. The van der Waals surface area contributed by atoms with Crippen LogP contribution in [0.2, 0.25) is 5.02 Å². The van der Waals surface area contributed by atoms with Gasteiger partial charge in [-0.25, -0.2) is 39.5 Å². The third kappa shape index (κ3) is 13.7. The topological polar surface area (TPSA) is 263 Å². The van der Waals surface area contributed by atoms with E-state index in [4.69, 9.17) is 21.4 Å². The van der Waals surface area contributed by atoms with Gasteiger partial charge in [-0.2, -0.15) is 49.6 Å². The van der Waals surface area contributed by atoms with E-state index in [0.29, 0.717) is 12.3 Å². The summed E-state index contributed by atoms with van der Waals surface area (Å²) in [5.41, 5.74) is -5.58. The molecule has 2 aliphatic rings. The molecule has 3 atom stereocenters. The SMILES string of the molecule is CN(CCCC(=O)N(c1nn(CC(F)(F)F)c2c(-c3ccc(CCC(C)(C)S(C)(=O)=O)nc3[C@H](Cc3cc(F)cc(F)c3)NC(=O)Cn3nc(C(F)(F)F)c4c3C(F)(F)[C@@H]3CC43)ccc(Cl)c12)S(C)(=O)=O)C(=O)OCOP(=O)(O)O. The number of phosphoric ester groups is 1. The number of rotatable bonds is 21. The van der Waals surface area contributed by atoms with Gasteiger partial charge < -0.3 is 24.7 Å². The zero-order valence-corrected chi connectivity index (χ0v) is 45.7. The lowest BCUT2D eigenvalue weighted by Crippen LogP contribution is -2.37. The third-order valence-corrected chi connectivity index (χ3v) is 17.3. The second-order valence-corrected chi connectivity index (χ2v) is 25.8. The molecule has 438 valence electrons. The lowest BCUT2D eigenvalue weighted by Gasteiger charge is -2.25. The van der Waals surface area contributed by atoms with Gasteiger partial charge >= 0.3 is 26.3 Å². The summed E-state index contributed by atoms with van der Waals surface area (Å²) in [4.78, 5) is 63.7. The van der Waals surface area contributed by atoms with Gasteiger partial charge in [-0.05, 0) is 81.7 Å². The molecule has 0 spiro atoms. The molecule has 1 saturated carbocycles. The van der Waals surface area contributed by atoms with Crippen LogP contribution >= 0.6 is 19.4 Å². The number of anilines is 1. The van der Waals surface area contributed by atoms with Crippen molar-refractivity contribution in [2.24, 2.45) is 5.92 Å². The molecule has 7 rings (SSSR count). The van der Waals surface area contributed by atoms with Crippen molar-refractivity contribution in [1.82, 2.24) is 34.8 Å². The van der Waals surface area contributed by atoms with Crippen LogP contribution in [0.25, 0.3) is 22.0 Å². The molecule has 1 fully saturated rings. The van der Waals surface area contributed by atoms with Gasteiger partial charge in [0, 0.05) is 60.6 Å². The molecule has 0 radical (unpaired) electrons. The molecule has 34 heteroatoms. The van der Waals surface area contributed by atoms with Crippen LogP contribution in [0.1, 0.15) is 85.4 Å². The smallest absolute Gasteiger partial charge is 0.422 e. The predicted octanol–water partition coefficient (Wildman–Crippen LogP) is 8.08. The molecule has 3 N–H and O–H groups in total. The number of hydrogen-bond donors (Lipinski definition) is 3. The molecule has 5 aromatic rings. The number of aryl methyl sites for hydroxylation is 1. The Hall–Kier alpha value is -5.92. The quantitative estimate of drug-likeness (QED) is 0.0356. The maximum Gasteiger partial charge on any atom is 0.472 e. The third-order valence-electron chi connectivity index (χ3n) is 13.3. The monoisotopic (exact) mass is 1220 g/mol. The number of ether oxygens (including phenoxy) is 1. The number of sulfonamides is 1. The van der Waals surface area contributed by atoms with Crippen LogP contribution in [0.3, 0.4) is 0 Å². The first-order valence-electron chi connectivity index (χ1n) is 23.6.